The summed E-state index contributed by atoms with van der Waals surface area (Å²) in [4.78, 5) is 70.3. The van der Waals surface area contributed by atoms with Crippen molar-refractivity contribution < 1.29 is 67.7 Å². The number of morpholine rings is 1. The molecule has 2 aromatic carbocycles. The lowest BCUT2D eigenvalue weighted by Crippen LogP contribution is -2.55. The number of benzene rings is 2. The summed E-state index contributed by atoms with van der Waals surface area (Å²) in [6.07, 6.45) is -3.37. The maximum absolute atomic E-state index is 14.1. The average molecular weight is 798 g/mol. The summed E-state index contributed by atoms with van der Waals surface area (Å²) in [6.45, 7) is 2.46. The van der Waals surface area contributed by atoms with Crippen molar-refractivity contribution in [2.45, 2.75) is 86.6 Å². The molecule has 0 aromatic heterocycles. The van der Waals surface area contributed by atoms with Crippen LogP contribution in [0.4, 0.5) is 0 Å². The van der Waals surface area contributed by atoms with Crippen molar-refractivity contribution in [1.82, 2.24) is 15.1 Å². The number of aliphatic hydroxyl groups is 1. The number of hydrogen-bond acceptors (Lipinski definition) is 16. The first kappa shape index (κ1) is 38.7. The molecule has 4 N–H and O–H groups in total. The van der Waals surface area contributed by atoms with Crippen molar-refractivity contribution in [3.8, 4) is 17.2 Å². The number of likely N-dealkylation sites (tertiary alicyclic amines) is 1. The number of ketones is 2. The molecule has 0 radical (unpaired) electrons. The third-order valence-electron chi connectivity index (χ3n) is 11.7. The first-order chi connectivity index (χ1) is 26.8. The third-order valence-corrected chi connectivity index (χ3v) is 12.6. The maximum atomic E-state index is 14.1. The monoisotopic (exact) mass is 797 g/mol. The molecule has 17 nitrogen and oxygen atoms in total. The van der Waals surface area contributed by atoms with Gasteiger partial charge in [0.2, 0.25) is 17.6 Å². The number of thioether (sulfide) groups is 1. The van der Waals surface area contributed by atoms with Crippen LogP contribution in [0.5, 0.6) is 17.2 Å². The van der Waals surface area contributed by atoms with Crippen LogP contribution in [0.1, 0.15) is 75.3 Å². The van der Waals surface area contributed by atoms with Gasteiger partial charge in [-0.2, -0.15) is 11.8 Å². The summed E-state index contributed by atoms with van der Waals surface area (Å²) in [5, 5.41) is 38.1. The number of nitrogens with one attached hydrogen (secondary N) is 1. The van der Waals surface area contributed by atoms with Crippen LogP contribution in [-0.4, -0.2) is 149 Å². The number of phenolic OH excluding ortho intramolecular Hbond substituents is 2. The van der Waals surface area contributed by atoms with Crippen molar-refractivity contribution in [2.24, 2.45) is 0 Å². The predicted molar refractivity (Wildman–Crippen MR) is 193 cm³/mol. The number of nitrogens with zero attached hydrogens (tertiary/aromatic N) is 2. The van der Waals surface area contributed by atoms with Crippen LogP contribution < -0.4 is 10.1 Å². The van der Waals surface area contributed by atoms with Crippen molar-refractivity contribution in [2.75, 3.05) is 46.7 Å². The minimum atomic E-state index is -2.31. The Labute approximate surface area is 325 Å². The number of hydrogen-bond donors (Lipinski definition) is 4. The number of amides is 3. The highest BCUT2D eigenvalue weighted by atomic mass is 32.2. The summed E-state index contributed by atoms with van der Waals surface area (Å²) in [5.41, 5.74) is -3.64. The molecule has 300 valence electrons. The molecular formula is C38H43N3O14S. The number of ether oxygens (including phenoxy) is 6. The summed E-state index contributed by atoms with van der Waals surface area (Å²) in [5.74, 6) is -4.43. The lowest BCUT2D eigenvalue weighted by Gasteiger charge is -2.43. The van der Waals surface area contributed by atoms with Crippen LogP contribution in [0.15, 0.2) is 18.2 Å². The molecule has 0 saturated carbocycles. The highest BCUT2D eigenvalue weighted by molar-refractivity contribution is 8.00. The Kier molecular flexibility index (Phi) is 10.1. The Hall–Kier alpha value is -4.14. The minimum absolute atomic E-state index is 0.0496. The van der Waals surface area contributed by atoms with Crippen LogP contribution in [0.25, 0.3) is 0 Å². The van der Waals surface area contributed by atoms with Gasteiger partial charge in [-0.05, 0) is 19.2 Å². The zero-order chi connectivity index (χ0) is 39.8. The highest BCUT2D eigenvalue weighted by Gasteiger charge is 2.55. The number of rotatable bonds is 9. The predicted octanol–water partition coefficient (Wildman–Crippen LogP) is 0.757. The van der Waals surface area contributed by atoms with Crippen LogP contribution in [0, 0.1) is 0 Å². The van der Waals surface area contributed by atoms with Crippen LogP contribution >= 0.6 is 11.8 Å². The molecule has 2 aliphatic carbocycles. The van der Waals surface area contributed by atoms with Gasteiger partial charge in [0.15, 0.2) is 24.6 Å². The fourth-order valence-corrected chi connectivity index (χ4v) is 9.66. The van der Waals surface area contributed by atoms with Gasteiger partial charge < -0.3 is 49.1 Å². The first-order valence-electron chi connectivity index (χ1n) is 18.4. The molecule has 0 spiro atoms. The SMILES string of the molecule is COc1cccc2c1C(=O)c1c(O)c3c(c(O)c1C2=O)C[C@@](O)(C(=O)NCCN1C(=O)CC(SC)C1=O)C[C@@H]3O[C@H]1CC2[C@H](O[C@@H]3[C@@H](OC)OCCN23)[C@H](C)O1. The van der Waals surface area contributed by atoms with Gasteiger partial charge in [0.1, 0.15) is 29.0 Å². The fraction of sp³-hybridized carbons (Fsp3) is 0.553. The van der Waals surface area contributed by atoms with Gasteiger partial charge in [0.05, 0.1) is 47.9 Å². The summed E-state index contributed by atoms with van der Waals surface area (Å²) >= 11 is 1.26. The van der Waals surface area contributed by atoms with Gasteiger partial charge in [-0.1, -0.05) is 12.1 Å². The lowest BCUT2D eigenvalue weighted by molar-refractivity contribution is -0.256. The van der Waals surface area contributed by atoms with Gasteiger partial charge >= 0.3 is 0 Å². The van der Waals surface area contributed by atoms with Crippen molar-refractivity contribution >= 4 is 41.0 Å². The van der Waals surface area contributed by atoms with Gasteiger partial charge in [-0.3, -0.25) is 33.8 Å². The first-order valence-corrected chi connectivity index (χ1v) is 19.7. The van der Waals surface area contributed by atoms with E-state index in [4.69, 9.17) is 28.4 Å². The topological polar surface area (TPSA) is 220 Å². The van der Waals surface area contributed by atoms with Gasteiger partial charge in [-0.25, -0.2) is 0 Å². The van der Waals surface area contributed by atoms with E-state index >= 15 is 0 Å². The summed E-state index contributed by atoms with van der Waals surface area (Å²) in [6, 6.07) is 4.21. The normalized spacial score (nSPS) is 32.4. The van der Waals surface area contributed by atoms with E-state index in [1.165, 1.54) is 44.2 Å². The average Bonchev–Trinajstić information content (AvgIpc) is 3.70. The number of imide groups is 1. The Morgan fingerprint density at radius 3 is 2.55 bits per heavy atom. The largest absolute Gasteiger partial charge is 0.507 e. The second-order valence-corrected chi connectivity index (χ2v) is 15.8. The molecule has 18 heteroatoms. The van der Waals surface area contributed by atoms with Gasteiger partial charge in [-0.15, -0.1) is 0 Å². The van der Waals surface area contributed by atoms with E-state index in [0.29, 0.717) is 13.2 Å². The lowest BCUT2D eigenvalue weighted by atomic mass is 9.72. The van der Waals surface area contributed by atoms with E-state index in [9.17, 15) is 39.3 Å². The molecule has 2 unspecified atom stereocenters. The zero-order valence-corrected chi connectivity index (χ0v) is 32.0. The van der Waals surface area contributed by atoms with Crippen LogP contribution in [0.2, 0.25) is 0 Å². The van der Waals surface area contributed by atoms with E-state index in [-0.39, 0.29) is 77.9 Å². The standard InChI is InChI=1S/C38H43N3O14S/c1-16-33-19(40-10-11-52-36(51-3)35(40)55-33)12-24(53-16)54-21-15-38(49,37(48)39-8-9-41-23(42)13-22(56-4)34(41)47)14-18-26(21)32(46)28-27(30(18)44)29(43)17-6-5-7-20(50-2)25(17)31(28)45/h5-7,16,19,21-22,24,33,35-36,44,46,49H,8-15H2,1-4H3,(H,39,48)/t16-,19?,21-,22?,24-,33+,35+,36-,38-/m0/s1. The van der Waals surface area contributed by atoms with E-state index in [1.807, 2.05) is 6.92 Å². The van der Waals surface area contributed by atoms with E-state index in [2.05, 4.69) is 10.2 Å². The van der Waals surface area contributed by atoms with Crippen LogP contribution in [0.3, 0.4) is 0 Å². The summed E-state index contributed by atoms with van der Waals surface area (Å²) < 4.78 is 35.8. The van der Waals surface area contributed by atoms with Crippen molar-refractivity contribution in [3.05, 3.63) is 51.6 Å². The number of carbonyl (C=O) groups excluding carboxylic acids is 5. The van der Waals surface area contributed by atoms with Crippen molar-refractivity contribution in [1.29, 1.82) is 0 Å². The highest BCUT2D eigenvalue weighted by Crippen LogP contribution is 2.53. The van der Waals surface area contributed by atoms with E-state index in [1.54, 1.807) is 6.26 Å². The van der Waals surface area contributed by atoms with Gasteiger partial charge in [0.25, 0.3) is 5.91 Å². The zero-order valence-electron chi connectivity index (χ0n) is 31.1. The van der Waals surface area contributed by atoms with Gasteiger partial charge in [0, 0.05) is 75.2 Å². The summed E-state index contributed by atoms with van der Waals surface area (Å²) in [7, 11) is 2.87. The molecule has 2 aromatic rings. The molecule has 4 heterocycles. The molecule has 6 aliphatic rings. The second kappa shape index (κ2) is 14.7. The molecule has 4 aliphatic heterocycles. The Bertz CT molecular complexity index is 2010. The maximum Gasteiger partial charge on any atom is 0.252 e. The second-order valence-electron chi connectivity index (χ2n) is 14.8. The number of aromatic hydroxyl groups is 2. The van der Waals surface area contributed by atoms with E-state index < -0.39 is 94.8 Å². The smallest absolute Gasteiger partial charge is 0.252 e. The number of methoxy groups -OCH3 is 2. The fourth-order valence-electron chi connectivity index (χ4n) is 9.02. The quantitative estimate of drug-likeness (QED) is 0.173. The third kappa shape index (κ3) is 6.09. The van der Waals surface area contributed by atoms with Crippen LogP contribution in [-0.2, 0) is 44.5 Å². The van der Waals surface area contributed by atoms with Crippen molar-refractivity contribution in [3.63, 3.8) is 0 Å². The molecule has 9 atom stereocenters. The number of carbonyl (C=O) groups is 5. The molecule has 4 saturated heterocycles. The molecule has 4 fully saturated rings. The minimum Gasteiger partial charge on any atom is -0.507 e. The number of phenols is 2. The Morgan fingerprint density at radius 2 is 1.84 bits per heavy atom. The van der Waals surface area contributed by atoms with E-state index in [0.717, 1.165) is 4.90 Å². The Balaban J connectivity index is 1.14. The molecular weight excluding hydrogens is 754 g/mol. The molecule has 0 bridgehead atoms. The molecule has 8 rings (SSSR count). The molecule has 56 heavy (non-hydrogen) atoms. The molecule has 3 amide bonds. The number of fused-ring (bicyclic) bond motifs is 6. The Morgan fingerprint density at radius 1 is 1.07 bits per heavy atom.